The van der Waals surface area contributed by atoms with Crippen molar-refractivity contribution in [2.45, 2.75) is 30.6 Å². The highest BCUT2D eigenvalue weighted by molar-refractivity contribution is 7.99. The Bertz CT molecular complexity index is 666. The molecule has 3 aliphatic heterocycles. The molecule has 0 aliphatic carbocycles. The van der Waals surface area contributed by atoms with Crippen molar-refractivity contribution >= 4 is 41.7 Å². The number of carbonyl (C=O) groups excluding carboxylic acids is 2. The number of fused-ring (bicyclic) bond motifs is 1. The van der Waals surface area contributed by atoms with Crippen LogP contribution in [0, 0.1) is 5.41 Å². The molecule has 7 heteroatoms. The molecular weight excluding hydrogens is 358 g/mol. The molecule has 25 heavy (non-hydrogen) atoms. The van der Waals surface area contributed by atoms with Crippen LogP contribution in [0.1, 0.15) is 36.0 Å². The summed E-state index contributed by atoms with van der Waals surface area (Å²) < 4.78 is 0. The van der Waals surface area contributed by atoms with Gasteiger partial charge in [-0.3, -0.25) is 9.59 Å². The van der Waals surface area contributed by atoms with E-state index in [1.807, 2.05) is 23.1 Å². The van der Waals surface area contributed by atoms with Crippen molar-refractivity contribution in [3.05, 3.63) is 23.8 Å². The first-order valence-electron chi connectivity index (χ1n) is 8.72. The van der Waals surface area contributed by atoms with Crippen molar-refractivity contribution in [3.63, 3.8) is 0 Å². The Balaban J connectivity index is 0.00000182. The summed E-state index contributed by atoms with van der Waals surface area (Å²) in [4.78, 5) is 27.6. The van der Waals surface area contributed by atoms with E-state index >= 15 is 0 Å². The van der Waals surface area contributed by atoms with Crippen molar-refractivity contribution in [1.82, 2.24) is 10.2 Å². The smallest absolute Gasteiger partial charge is 0.253 e. The van der Waals surface area contributed by atoms with Crippen LogP contribution in [0.2, 0.25) is 0 Å². The number of hydrogen-bond acceptors (Lipinski definition) is 4. The molecule has 0 unspecified atom stereocenters. The molecule has 0 radical (unpaired) electrons. The Hall–Kier alpha value is -1.24. The number of piperidine rings is 1. The third-order valence-corrected chi connectivity index (χ3v) is 6.61. The number of benzene rings is 1. The van der Waals surface area contributed by atoms with E-state index in [9.17, 15) is 9.59 Å². The molecule has 3 aliphatic rings. The first-order valence-corrected chi connectivity index (χ1v) is 9.71. The van der Waals surface area contributed by atoms with Crippen LogP contribution in [0.3, 0.4) is 0 Å². The van der Waals surface area contributed by atoms with E-state index in [2.05, 4.69) is 10.6 Å². The van der Waals surface area contributed by atoms with Gasteiger partial charge in [0, 0.05) is 42.3 Å². The first kappa shape index (κ1) is 18.5. The quantitative estimate of drug-likeness (QED) is 0.785. The summed E-state index contributed by atoms with van der Waals surface area (Å²) >= 11 is 1.67. The summed E-state index contributed by atoms with van der Waals surface area (Å²) in [5.41, 5.74) is 1.87. The maximum atomic E-state index is 12.8. The Morgan fingerprint density at radius 3 is 2.72 bits per heavy atom. The molecule has 2 N–H and O–H groups in total. The average Bonchev–Trinajstić information content (AvgIpc) is 2.95. The van der Waals surface area contributed by atoms with E-state index in [1.165, 1.54) is 6.42 Å². The topological polar surface area (TPSA) is 61.4 Å². The summed E-state index contributed by atoms with van der Waals surface area (Å²) in [6.07, 6.45) is 3.93. The summed E-state index contributed by atoms with van der Waals surface area (Å²) in [6, 6.07) is 5.70. The largest absolute Gasteiger partial charge is 0.339 e. The number of carbonyl (C=O) groups is 2. The molecule has 1 aromatic carbocycles. The van der Waals surface area contributed by atoms with E-state index < -0.39 is 0 Å². The van der Waals surface area contributed by atoms with Gasteiger partial charge in [0.25, 0.3) is 5.91 Å². The Morgan fingerprint density at radius 1 is 1.20 bits per heavy atom. The molecule has 3 heterocycles. The average molecular weight is 382 g/mol. The lowest BCUT2D eigenvalue weighted by atomic mass is 9.78. The highest BCUT2D eigenvalue weighted by Gasteiger charge is 2.38. The van der Waals surface area contributed by atoms with Crippen LogP contribution >= 0.6 is 24.2 Å². The minimum atomic E-state index is 0. The van der Waals surface area contributed by atoms with E-state index in [1.54, 1.807) is 11.8 Å². The second-order valence-electron chi connectivity index (χ2n) is 7.08. The second-order valence-corrected chi connectivity index (χ2v) is 8.21. The Labute approximate surface area is 158 Å². The minimum absolute atomic E-state index is 0. The number of nitrogens with zero attached hydrogens (tertiary/aromatic N) is 1. The number of amides is 2. The van der Waals surface area contributed by atoms with Gasteiger partial charge in [0.05, 0.1) is 5.69 Å². The van der Waals surface area contributed by atoms with Crippen LogP contribution in [-0.2, 0) is 4.79 Å². The maximum absolute atomic E-state index is 12.8. The zero-order chi connectivity index (χ0) is 16.6. The van der Waals surface area contributed by atoms with Crippen LogP contribution < -0.4 is 10.6 Å². The summed E-state index contributed by atoms with van der Waals surface area (Å²) in [5.74, 6) is 0.899. The molecule has 0 atom stereocenters. The van der Waals surface area contributed by atoms with Crippen molar-refractivity contribution in [1.29, 1.82) is 0 Å². The summed E-state index contributed by atoms with van der Waals surface area (Å²) in [6.45, 7) is 3.87. The van der Waals surface area contributed by atoms with Gasteiger partial charge < -0.3 is 15.5 Å². The maximum Gasteiger partial charge on any atom is 0.253 e. The second kappa shape index (κ2) is 7.56. The van der Waals surface area contributed by atoms with Crippen molar-refractivity contribution in [2.75, 3.05) is 37.2 Å². The molecule has 2 fully saturated rings. The fraction of sp³-hybridized carbons (Fsp3) is 0.556. The summed E-state index contributed by atoms with van der Waals surface area (Å²) in [5, 5.41) is 6.38. The fourth-order valence-corrected chi connectivity index (χ4v) is 4.88. The molecule has 0 saturated carbocycles. The molecule has 5 nitrogen and oxygen atoms in total. The SMILES string of the molecule is Cl.O=C1CCSc2ccc(C(=O)N3CCC4(CCNC4)CC3)cc2N1. The Kier molecular flexibility index (Phi) is 5.61. The predicted molar refractivity (Wildman–Crippen MR) is 103 cm³/mol. The molecule has 4 rings (SSSR count). The van der Waals surface area contributed by atoms with Crippen LogP contribution in [0.4, 0.5) is 5.69 Å². The molecule has 1 spiro atoms. The molecule has 0 bridgehead atoms. The molecule has 1 aromatic rings. The van der Waals surface area contributed by atoms with E-state index in [0.29, 0.717) is 17.4 Å². The van der Waals surface area contributed by atoms with Gasteiger partial charge in [0.15, 0.2) is 0 Å². The standard InChI is InChI=1S/C18H23N3O2S.ClH/c22-16-3-10-24-15-2-1-13(11-14(15)20-16)17(23)21-8-5-18(6-9-21)4-7-19-12-18;/h1-2,11,19H,3-10,12H2,(H,20,22);1H. The Morgan fingerprint density at radius 2 is 2.00 bits per heavy atom. The molecular formula is C18H24ClN3O2S. The molecule has 2 saturated heterocycles. The van der Waals surface area contributed by atoms with Gasteiger partial charge in [-0.2, -0.15) is 0 Å². The van der Waals surface area contributed by atoms with Crippen molar-refractivity contribution in [3.8, 4) is 0 Å². The number of anilines is 1. The van der Waals surface area contributed by atoms with Gasteiger partial charge in [-0.15, -0.1) is 24.2 Å². The highest BCUT2D eigenvalue weighted by Crippen LogP contribution is 2.37. The molecule has 136 valence electrons. The lowest BCUT2D eigenvalue weighted by Gasteiger charge is -2.39. The number of nitrogens with one attached hydrogen (secondary N) is 2. The first-order chi connectivity index (χ1) is 11.7. The van der Waals surface area contributed by atoms with Crippen LogP contribution in [-0.4, -0.2) is 48.6 Å². The van der Waals surface area contributed by atoms with Gasteiger partial charge in [-0.25, -0.2) is 0 Å². The highest BCUT2D eigenvalue weighted by atomic mass is 35.5. The van der Waals surface area contributed by atoms with Crippen LogP contribution in [0.5, 0.6) is 0 Å². The minimum Gasteiger partial charge on any atom is -0.339 e. The molecule has 2 amide bonds. The van der Waals surface area contributed by atoms with Crippen LogP contribution in [0.15, 0.2) is 23.1 Å². The predicted octanol–water partition coefficient (Wildman–Crippen LogP) is 2.76. The number of likely N-dealkylation sites (tertiary alicyclic amines) is 1. The number of rotatable bonds is 1. The van der Waals surface area contributed by atoms with Gasteiger partial charge in [-0.1, -0.05) is 0 Å². The van der Waals surface area contributed by atoms with E-state index in [4.69, 9.17) is 0 Å². The zero-order valence-electron chi connectivity index (χ0n) is 14.2. The lowest BCUT2D eigenvalue weighted by Crippen LogP contribution is -2.44. The zero-order valence-corrected chi connectivity index (χ0v) is 15.8. The number of halogens is 1. The molecule has 0 aromatic heterocycles. The van der Waals surface area contributed by atoms with Crippen molar-refractivity contribution in [2.24, 2.45) is 5.41 Å². The lowest BCUT2D eigenvalue weighted by molar-refractivity contribution is -0.115. The van der Waals surface area contributed by atoms with E-state index in [0.717, 1.165) is 55.4 Å². The van der Waals surface area contributed by atoms with Gasteiger partial charge in [-0.05, 0) is 49.4 Å². The van der Waals surface area contributed by atoms with Gasteiger partial charge in [0.1, 0.15) is 0 Å². The normalized spacial score (nSPS) is 21.9. The van der Waals surface area contributed by atoms with Gasteiger partial charge in [0.2, 0.25) is 5.91 Å². The number of thioether (sulfide) groups is 1. The van der Waals surface area contributed by atoms with Crippen molar-refractivity contribution < 1.29 is 9.59 Å². The van der Waals surface area contributed by atoms with Crippen LogP contribution in [0.25, 0.3) is 0 Å². The fourth-order valence-electron chi connectivity index (χ4n) is 3.94. The van der Waals surface area contributed by atoms with Gasteiger partial charge >= 0.3 is 0 Å². The third kappa shape index (κ3) is 3.81. The summed E-state index contributed by atoms with van der Waals surface area (Å²) in [7, 11) is 0. The third-order valence-electron chi connectivity index (χ3n) is 5.53. The monoisotopic (exact) mass is 381 g/mol. The number of hydrogen-bond donors (Lipinski definition) is 2. The van der Waals surface area contributed by atoms with E-state index in [-0.39, 0.29) is 24.2 Å².